The Hall–Kier alpha value is -2.09. The highest BCUT2D eigenvalue weighted by Gasteiger charge is 2.20. The number of aromatic nitrogens is 4. The van der Waals surface area contributed by atoms with Crippen LogP contribution in [0.5, 0.6) is 11.8 Å². The van der Waals surface area contributed by atoms with E-state index in [4.69, 9.17) is 9.47 Å². The van der Waals surface area contributed by atoms with E-state index in [0.717, 1.165) is 11.5 Å². The van der Waals surface area contributed by atoms with Gasteiger partial charge in [-0.3, -0.25) is 4.79 Å². The Kier molecular flexibility index (Phi) is 3.24. The number of carbonyl (C=O) groups excluding carboxylic acids is 1. The largest absolute Gasteiger partial charge is 0.480 e. The third-order valence-electron chi connectivity index (χ3n) is 1.93. The van der Waals surface area contributed by atoms with Crippen LogP contribution in [0.15, 0.2) is 11.6 Å². The van der Waals surface area contributed by atoms with Crippen LogP contribution in [-0.2, 0) is 0 Å². The molecule has 0 aliphatic rings. The van der Waals surface area contributed by atoms with E-state index in [0.29, 0.717) is 0 Å². The van der Waals surface area contributed by atoms with Crippen LogP contribution in [-0.4, -0.2) is 39.6 Å². The van der Waals surface area contributed by atoms with Crippen molar-refractivity contribution in [2.45, 2.75) is 0 Å². The molecule has 0 atom stereocenters. The van der Waals surface area contributed by atoms with E-state index in [9.17, 15) is 4.79 Å². The van der Waals surface area contributed by atoms with Crippen LogP contribution < -0.4 is 9.47 Å². The molecule has 0 fully saturated rings. The maximum Gasteiger partial charge on any atom is 0.247 e. The molecule has 0 saturated carbocycles. The van der Waals surface area contributed by atoms with Crippen LogP contribution in [0.4, 0.5) is 0 Å². The lowest BCUT2D eigenvalue weighted by Crippen LogP contribution is -2.09. The molecular weight excluding hydrogens is 244 g/mol. The van der Waals surface area contributed by atoms with Crippen molar-refractivity contribution in [3.8, 4) is 11.8 Å². The Bertz CT molecular complexity index is 529. The molecule has 0 radical (unpaired) electrons. The lowest BCUT2D eigenvalue weighted by atomic mass is 10.2. The molecule has 0 N–H and O–H groups in total. The van der Waals surface area contributed by atoms with E-state index in [1.54, 1.807) is 0 Å². The highest BCUT2D eigenvalue weighted by atomic mass is 32.1. The number of hydrogen-bond acceptors (Lipinski definition) is 8. The monoisotopic (exact) mass is 252 g/mol. The molecule has 0 aromatic carbocycles. The van der Waals surface area contributed by atoms with Gasteiger partial charge in [-0.1, -0.05) is 4.49 Å². The highest BCUT2D eigenvalue weighted by Crippen LogP contribution is 2.19. The van der Waals surface area contributed by atoms with E-state index in [-0.39, 0.29) is 28.9 Å². The van der Waals surface area contributed by atoms with Gasteiger partial charge in [0.1, 0.15) is 5.69 Å². The van der Waals surface area contributed by atoms with Crippen LogP contribution in [0.1, 0.15) is 16.2 Å². The summed E-state index contributed by atoms with van der Waals surface area (Å²) in [7, 11) is 2.86. The Morgan fingerprint density at radius 3 is 2.76 bits per heavy atom. The summed E-state index contributed by atoms with van der Waals surface area (Å²) in [6.45, 7) is 0. The van der Waals surface area contributed by atoms with Crippen molar-refractivity contribution in [3.63, 3.8) is 0 Å². The summed E-state index contributed by atoms with van der Waals surface area (Å²) >= 11 is 1.09. The zero-order chi connectivity index (χ0) is 12.3. The predicted molar refractivity (Wildman–Crippen MR) is 58.5 cm³/mol. The number of ether oxygens (including phenoxy) is 2. The van der Waals surface area contributed by atoms with Crippen molar-refractivity contribution in [2.75, 3.05) is 14.2 Å². The third-order valence-corrected chi connectivity index (χ3v) is 2.43. The minimum Gasteiger partial charge on any atom is -0.480 e. The minimum absolute atomic E-state index is 0.0843. The first kappa shape index (κ1) is 11.4. The average Bonchev–Trinajstić information content (AvgIpc) is 2.91. The number of methoxy groups -OCH3 is 2. The molecule has 2 heterocycles. The van der Waals surface area contributed by atoms with E-state index in [1.165, 1.54) is 25.8 Å². The predicted octanol–water partition coefficient (Wildman–Crippen LogP) is 0.576. The molecule has 7 nitrogen and oxygen atoms in total. The maximum absolute atomic E-state index is 12.0. The molecule has 0 amide bonds. The molecule has 17 heavy (non-hydrogen) atoms. The third kappa shape index (κ3) is 2.21. The smallest absolute Gasteiger partial charge is 0.247 e. The van der Waals surface area contributed by atoms with Crippen molar-refractivity contribution in [3.05, 3.63) is 23.0 Å². The average molecular weight is 252 g/mol. The van der Waals surface area contributed by atoms with Crippen molar-refractivity contribution >= 4 is 17.3 Å². The van der Waals surface area contributed by atoms with Crippen molar-refractivity contribution < 1.29 is 14.3 Å². The van der Waals surface area contributed by atoms with Gasteiger partial charge >= 0.3 is 0 Å². The molecule has 2 aromatic heterocycles. The zero-order valence-corrected chi connectivity index (χ0v) is 9.89. The van der Waals surface area contributed by atoms with Gasteiger partial charge in [0.25, 0.3) is 0 Å². The van der Waals surface area contributed by atoms with Crippen LogP contribution >= 0.6 is 11.5 Å². The fraction of sp³-hybridized carbons (Fsp3) is 0.222. The molecule has 2 aromatic rings. The standard InChI is InChI=1S/C9H8N4O3S/c1-15-6-3-10-7(9(11-6)16-2)8(14)5-4-17-13-12-5/h3-4H,1-2H3. The van der Waals surface area contributed by atoms with Crippen molar-refractivity contribution in [1.29, 1.82) is 0 Å². The number of hydrogen-bond donors (Lipinski definition) is 0. The molecule has 2 rings (SSSR count). The Balaban J connectivity index is 2.41. The Morgan fingerprint density at radius 2 is 2.18 bits per heavy atom. The van der Waals surface area contributed by atoms with Crippen molar-refractivity contribution in [1.82, 2.24) is 19.6 Å². The Morgan fingerprint density at radius 1 is 1.35 bits per heavy atom. The van der Waals surface area contributed by atoms with E-state index < -0.39 is 0 Å². The molecule has 0 aliphatic carbocycles. The molecule has 8 heteroatoms. The summed E-state index contributed by atoms with van der Waals surface area (Å²) in [4.78, 5) is 19.9. The van der Waals surface area contributed by atoms with Gasteiger partial charge < -0.3 is 9.47 Å². The van der Waals surface area contributed by atoms with E-state index in [1.807, 2.05) is 0 Å². The van der Waals surface area contributed by atoms with Crippen molar-refractivity contribution in [2.24, 2.45) is 0 Å². The number of ketones is 1. The number of rotatable bonds is 4. The molecular formula is C9H8N4O3S. The van der Waals surface area contributed by atoms with Crippen LogP contribution in [0.2, 0.25) is 0 Å². The second kappa shape index (κ2) is 4.83. The van der Waals surface area contributed by atoms with Gasteiger partial charge in [-0.25, -0.2) is 4.98 Å². The lowest BCUT2D eigenvalue weighted by molar-refractivity contribution is 0.102. The SMILES string of the molecule is COc1cnc(C(=O)c2csnn2)c(OC)n1. The fourth-order valence-corrected chi connectivity index (χ4v) is 1.57. The van der Waals surface area contributed by atoms with Gasteiger partial charge in [0, 0.05) is 5.38 Å². The van der Waals surface area contributed by atoms with E-state index >= 15 is 0 Å². The second-order valence-electron chi connectivity index (χ2n) is 2.89. The van der Waals surface area contributed by atoms with Gasteiger partial charge in [-0.15, -0.1) is 5.10 Å². The van der Waals surface area contributed by atoms with Gasteiger partial charge in [-0.2, -0.15) is 4.98 Å². The maximum atomic E-state index is 12.0. The summed E-state index contributed by atoms with van der Waals surface area (Å²) in [5.41, 5.74) is 0.300. The van der Waals surface area contributed by atoms with Gasteiger partial charge in [0.05, 0.1) is 20.4 Å². The molecule has 88 valence electrons. The first-order valence-electron chi connectivity index (χ1n) is 4.53. The minimum atomic E-state index is -0.384. The van der Waals surface area contributed by atoms with E-state index in [2.05, 4.69) is 19.6 Å². The van der Waals surface area contributed by atoms with Gasteiger partial charge in [0.2, 0.25) is 17.5 Å². The van der Waals surface area contributed by atoms with Gasteiger partial charge in [-0.05, 0) is 11.5 Å². The fourth-order valence-electron chi connectivity index (χ4n) is 1.14. The molecule has 0 saturated heterocycles. The Labute approximate surface area is 101 Å². The molecule has 0 aliphatic heterocycles. The summed E-state index contributed by atoms with van der Waals surface area (Å²) in [6, 6.07) is 0. The summed E-state index contributed by atoms with van der Waals surface area (Å²) in [5, 5.41) is 5.21. The number of carbonyl (C=O) groups is 1. The van der Waals surface area contributed by atoms with Gasteiger partial charge in [0.15, 0.2) is 5.69 Å². The highest BCUT2D eigenvalue weighted by molar-refractivity contribution is 7.03. The lowest BCUT2D eigenvalue weighted by Gasteiger charge is -2.05. The normalized spacial score (nSPS) is 10.0. The second-order valence-corrected chi connectivity index (χ2v) is 3.50. The zero-order valence-electron chi connectivity index (χ0n) is 9.08. The molecule has 0 unspecified atom stereocenters. The summed E-state index contributed by atoms with van der Waals surface area (Å²) < 4.78 is 13.5. The first-order valence-corrected chi connectivity index (χ1v) is 5.36. The molecule has 0 bridgehead atoms. The summed E-state index contributed by atoms with van der Waals surface area (Å²) in [6.07, 6.45) is 1.34. The number of nitrogens with zero attached hydrogens (tertiary/aromatic N) is 4. The summed E-state index contributed by atoms with van der Waals surface area (Å²) in [5.74, 6) is -0.0112. The quantitative estimate of drug-likeness (QED) is 0.735. The molecule has 0 spiro atoms. The van der Waals surface area contributed by atoms with Crippen LogP contribution in [0.25, 0.3) is 0 Å². The topological polar surface area (TPSA) is 87.1 Å². The van der Waals surface area contributed by atoms with Crippen LogP contribution in [0.3, 0.4) is 0 Å². The van der Waals surface area contributed by atoms with Crippen LogP contribution in [0, 0.1) is 0 Å². The first-order chi connectivity index (χ1) is 8.26.